The van der Waals surface area contributed by atoms with Crippen LogP contribution in [-0.4, -0.2) is 55.1 Å². The summed E-state index contributed by atoms with van der Waals surface area (Å²) in [5.74, 6) is -0.170. The van der Waals surface area contributed by atoms with Gasteiger partial charge in [0.15, 0.2) is 0 Å². The van der Waals surface area contributed by atoms with Crippen molar-refractivity contribution in [2.24, 2.45) is 0 Å². The molecule has 1 aliphatic heterocycles. The van der Waals surface area contributed by atoms with Crippen molar-refractivity contribution in [1.29, 1.82) is 0 Å². The van der Waals surface area contributed by atoms with Crippen LogP contribution in [0.5, 0.6) is 0 Å². The van der Waals surface area contributed by atoms with Gasteiger partial charge in [-0.05, 0) is 17.7 Å². The molecule has 1 fully saturated rings. The number of hydrogen-bond acceptors (Lipinski definition) is 4. The zero-order valence-corrected chi connectivity index (χ0v) is 15.6. The summed E-state index contributed by atoms with van der Waals surface area (Å²) in [6, 6.07) is 14.1. The molecule has 1 amide bonds. The summed E-state index contributed by atoms with van der Waals surface area (Å²) in [5, 5.41) is 2.74. The minimum Gasteiger partial charge on any atom is -0.368 e. The summed E-state index contributed by atoms with van der Waals surface area (Å²) >= 11 is 0. The molecule has 0 radical (unpaired) electrons. The molecule has 1 aliphatic rings. The van der Waals surface area contributed by atoms with Gasteiger partial charge in [-0.3, -0.25) is 9.69 Å². The fourth-order valence-corrected chi connectivity index (χ4v) is 3.05. The van der Waals surface area contributed by atoms with Crippen molar-refractivity contribution in [1.82, 2.24) is 15.2 Å². The third-order valence-electron chi connectivity index (χ3n) is 4.60. The molecule has 1 saturated heterocycles. The molecular formula is C22H26N4O. The summed E-state index contributed by atoms with van der Waals surface area (Å²) in [6.45, 7) is 8.95. The number of benzene rings is 1. The van der Waals surface area contributed by atoms with Crippen molar-refractivity contribution in [3.8, 4) is 0 Å². The maximum Gasteiger partial charge on any atom is 0.270 e. The largest absolute Gasteiger partial charge is 0.368 e. The number of nitrogens with zero attached hydrogens (tertiary/aromatic N) is 3. The molecule has 0 bridgehead atoms. The van der Waals surface area contributed by atoms with Crippen molar-refractivity contribution < 1.29 is 4.79 Å². The predicted molar refractivity (Wildman–Crippen MR) is 111 cm³/mol. The Balaban J connectivity index is 1.46. The minimum atomic E-state index is -0.170. The average molecular weight is 362 g/mol. The Morgan fingerprint density at radius 1 is 1.11 bits per heavy atom. The van der Waals surface area contributed by atoms with Gasteiger partial charge in [0.25, 0.3) is 5.91 Å². The number of rotatable bonds is 7. The molecule has 1 N–H and O–H groups in total. The second-order valence-corrected chi connectivity index (χ2v) is 6.50. The highest BCUT2D eigenvalue weighted by Crippen LogP contribution is 2.16. The van der Waals surface area contributed by atoms with Gasteiger partial charge in [0.05, 0.1) is 11.9 Å². The molecule has 1 aromatic heterocycles. The highest BCUT2D eigenvalue weighted by atomic mass is 16.1. The Hall–Kier alpha value is -2.92. The zero-order valence-electron chi connectivity index (χ0n) is 15.6. The third-order valence-corrected chi connectivity index (χ3v) is 4.60. The molecule has 5 nitrogen and oxygen atoms in total. The van der Waals surface area contributed by atoms with Crippen LogP contribution in [0.15, 0.2) is 67.4 Å². The molecule has 0 atom stereocenters. The van der Waals surface area contributed by atoms with Crippen LogP contribution in [0.4, 0.5) is 5.69 Å². The second-order valence-electron chi connectivity index (χ2n) is 6.50. The molecule has 3 rings (SSSR count). The smallest absolute Gasteiger partial charge is 0.270 e. The van der Waals surface area contributed by atoms with E-state index < -0.39 is 0 Å². The maximum absolute atomic E-state index is 11.9. The summed E-state index contributed by atoms with van der Waals surface area (Å²) in [7, 11) is 0. The average Bonchev–Trinajstić information content (AvgIpc) is 2.73. The molecule has 27 heavy (non-hydrogen) atoms. The number of carbonyl (C=O) groups excluding carboxylic acids is 1. The van der Waals surface area contributed by atoms with Gasteiger partial charge in [0.1, 0.15) is 5.69 Å². The van der Waals surface area contributed by atoms with Gasteiger partial charge in [0, 0.05) is 39.3 Å². The lowest BCUT2D eigenvalue weighted by atomic mass is 10.2. The van der Waals surface area contributed by atoms with Crippen LogP contribution < -0.4 is 10.2 Å². The van der Waals surface area contributed by atoms with Crippen molar-refractivity contribution in [3.05, 3.63) is 78.6 Å². The van der Waals surface area contributed by atoms with E-state index in [0.29, 0.717) is 12.2 Å². The molecule has 5 heteroatoms. The van der Waals surface area contributed by atoms with Crippen LogP contribution in [-0.2, 0) is 0 Å². The van der Waals surface area contributed by atoms with E-state index >= 15 is 0 Å². The van der Waals surface area contributed by atoms with Crippen molar-refractivity contribution in [2.75, 3.05) is 44.2 Å². The Morgan fingerprint density at radius 3 is 2.56 bits per heavy atom. The number of amides is 1. The number of piperazine rings is 1. The molecule has 0 aliphatic carbocycles. The van der Waals surface area contributed by atoms with E-state index in [-0.39, 0.29) is 5.91 Å². The second kappa shape index (κ2) is 9.69. The summed E-state index contributed by atoms with van der Waals surface area (Å²) in [6.07, 6.45) is 7.84. The van der Waals surface area contributed by atoms with Gasteiger partial charge in [0.2, 0.25) is 0 Å². The van der Waals surface area contributed by atoms with E-state index in [4.69, 9.17) is 0 Å². The third kappa shape index (κ3) is 5.53. The minimum absolute atomic E-state index is 0.170. The van der Waals surface area contributed by atoms with Crippen LogP contribution in [0.25, 0.3) is 6.08 Å². The Bertz CT molecular complexity index is 763. The topological polar surface area (TPSA) is 48.5 Å². The highest BCUT2D eigenvalue weighted by Gasteiger charge is 2.17. The Labute approximate surface area is 161 Å². The van der Waals surface area contributed by atoms with E-state index in [9.17, 15) is 4.79 Å². The predicted octanol–water partition coefficient (Wildman–Crippen LogP) is 2.83. The first-order valence-electron chi connectivity index (χ1n) is 9.30. The van der Waals surface area contributed by atoms with Crippen molar-refractivity contribution in [3.63, 3.8) is 0 Å². The van der Waals surface area contributed by atoms with Crippen molar-refractivity contribution in [2.45, 2.75) is 0 Å². The van der Waals surface area contributed by atoms with Gasteiger partial charge < -0.3 is 10.2 Å². The van der Waals surface area contributed by atoms with Gasteiger partial charge >= 0.3 is 0 Å². The molecule has 140 valence electrons. The van der Waals surface area contributed by atoms with Gasteiger partial charge in [-0.25, -0.2) is 4.98 Å². The van der Waals surface area contributed by atoms with Gasteiger partial charge in [-0.15, -0.1) is 6.58 Å². The first-order valence-corrected chi connectivity index (χ1v) is 9.30. The normalized spacial score (nSPS) is 15.0. The number of carbonyl (C=O) groups is 1. The number of nitrogens with one attached hydrogen (secondary N) is 1. The number of pyridine rings is 1. The van der Waals surface area contributed by atoms with Crippen LogP contribution in [0.1, 0.15) is 16.1 Å². The molecule has 2 aromatic rings. The molecule has 0 unspecified atom stereocenters. The standard InChI is InChI=1S/C22H26N4O/c1-2-12-23-22(27)21-11-10-20(18-24-21)26-16-14-25(15-17-26)13-6-9-19-7-4-3-5-8-19/h2-11,18H,1,12-17H2,(H,23,27)/b9-6+. The summed E-state index contributed by atoms with van der Waals surface area (Å²) in [4.78, 5) is 20.9. The van der Waals surface area contributed by atoms with Crippen LogP contribution >= 0.6 is 0 Å². The van der Waals surface area contributed by atoms with Crippen LogP contribution in [0.2, 0.25) is 0 Å². The lowest BCUT2D eigenvalue weighted by Crippen LogP contribution is -2.46. The van der Waals surface area contributed by atoms with E-state index in [1.807, 2.05) is 12.1 Å². The maximum atomic E-state index is 11.9. The summed E-state index contributed by atoms with van der Waals surface area (Å²) in [5.41, 5.74) is 2.74. The summed E-state index contributed by atoms with van der Waals surface area (Å²) < 4.78 is 0. The molecule has 0 spiro atoms. The molecular weight excluding hydrogens is 336 g/mol. The van der Waals surface area contributed by atoms with E-state index in [1.165, 1.54) is 5.56 Å². The quantitative estimate of drug-likeness (QED) is 0.770. The van der Waals surface area contributed by atoms with Gasteiger partial charge in [-0.2, -0.15) is 0 Å². The number of aromatic nitrogens is 1. The first-order chi connectivity index (χ1) is 13.3. The van der Waals surface area contributed by atoms with E-state index in [2.05, 4.69) is 63.1 Å². The monoisotopic (exact) mass is 362 g/mol. The molecule has 1 aromatic carbocycles. The number of anilines is 1. The molecule has 0 saturated carbocycles. The zero-order chi connectivity index (χ0) is 18.9. The Morgan fingerprint density at radius 2 is 1.89 bits per heavy atom. The lowest BCUT2D eigenvalue weighted by molar-refractivity contribution is 0.0953. The fourth-order valence-electron chi connectivity index (χ4n) is 3.05. The lowest BCUT2D eigenvalue weighted by Gasteiger charge is -2.35. The van der Waals surface area contributed by atoms with E-state index in [0.717, 1.165) is 38.4 Å². The van der Waals surface area contributed by atoms with Gasteiger partial charge in [-0.1, -0.05) is 48.6 Å². The number of hydrogen-bond donors (Lipinski definition) is 1. The van der Waals surface area contributed by atoms with Crippen LogP contribution in [0, 0.1) is 0 Å². The fraction of sp³-hybridized carbons (Fsp3) is 0.273. The highest BCUT2D eigenvalue weighted by molar-refractivity contribution is 5.92. The Kier molecular flexibility index (Phi) is 6.77. The first kappa shape index (κ1) is 18.9. The SMILES string of the molecule is C=CCNC(=O)c1ccc(N2CCN(C/C=C/c3ccccc3)CC2)cn1. The van der Waals surface area contributed by atoms with E-state index in [1.54, 1.807) is 18.3 Å². The van der Waals surface area contributed by atoms with Crippen LogP contribution in [0.3, 0.4) is 0 Å². The van der Waals surface area contributed by atoms with Crippen molar-refractivity contribution >= 4 is 17.7 Å². The molecule has 2 heterocycles.